The molecule has 108 valence electrons. The van der Waals surface area contributed by atoms with E-state index in [0.717, 1.165) is 20.9 Å². The standard InChI is InChI=1S/C16H14ClNO2S/c1-2-20-16(19)18-15-11-5-3-4-6-13(11)21-14-8-7-10(17)9-12(14)15/h3-9,15H,2H2,1H3,(H,18,19)/t15-/m1/s1. The van der Waals surface area contributed by atoms with Crippen molar-refractivity contribution in [2.24, 2.45) is 0 Å². The van der Waals surface area contributed by atoms with Crippen LogP contribution in [0.4, 0.5) is 4.79 Å². The first-order valence-corrected chi connectivity index (χ1v) is 7.88. The second-order valence-corrected chi connectivity index (χ2v) is 6.14. The molecule has 0 bridgehead atoms. The maximum Gasteiger partial charge on any atom is 0.407 e. The fourth-order valence-electron chi connectivity index (χ4n) is 2.38. The van der Waals surface area contributed by atoms with Gasteiger partial charge in [0.05, 0.1) is 12.6 Å². The molecule has 1 aliphatic heterocycles. The van der Waals surface area contributed by atoms with Crippen molar-refractivity contribution in [3.8, 4) is 0 Å². The Hall–Kier alpha value is -1.65. The monoisotopic (exact) mass is 319 g/mol. The largest absolute Gasteiger partial charge is 0.450 e. The molecule has 5 heteroatoms. The number of hydrogen-bond acceptors (Lipinski definition) is 3. The van der Waals surface area contributed by atoms with E-state index in [2.05, 4.69) is 11.4 Å². The summed E-state index contributed by atoms with van der Waals surface area (Å²) in [4.78, 5) is 14.1. The van der Waals surface area contributed by atoms with Gasteiger partial charge in [0.25, 0.3) is 0 Å². The van der Waals surface area contributed by atoms with Gasteiger partial charge in [0.1, 0.15) is 0 Å². The van der Waals surface area contributed by atoms with Gasteiger partial charge in [-0.25, -0.2) is 4.79 Å². The molecular formula is C16H14ClNO2S. The number of benzene rings is 2. The van der Waals surface area contributed by atoms with Gasteiger partial charge in [-0.1, -0.05) is 41.6 Å². The summed E-state index contributed by atoms with van der Waals surface area (Å²) in [6, 6.07) is 13.5. The zero-order valence-corrected chi connectivity index (χ0v) is 13.0. The summed E-state index contributed by atoms with van der Waals surface area (Å²) in [5.74, 6) is 0. The normalized spacial score (nSPS) is 15.8. The lowest BCUT2D eigenvalue weighted by Crippen LogP contribution is -2.31. The van der Waals surface area contributed by atoms with Gasteiger partial charge in [-0.15, -0.1) is 0 Å². The van der Waals surface area contributed by atoms with Crippen molar-refractivity contribution in [3.63, 3.8) is 0 Å². The SMILES string of the molecule is CCOC(=O)N[C@@H]1c2ccccc2Sc2ccc(Cl)cc21. The van der Waals surface area contributed by atoms with E-state index in [1.807, 2.05) is 36.4 Å². The Bertz CT molecular complexity index is 690. The first-order valence-electron chi connectivity index (χ1n) is 6.68. The number of carbonyl (C=O) groups is 1. The maximum absolute atomic E-state index is 11.8. The summed E-state index contributed by atoms with van der Waals surface area (Å²) >= 11 is 7.80. The highest BCUT2D eigenvalue weighted by Crippen LogP contribution is 2.45. The van der Waals surface area contributed by atoms with Gasteiger partial charge in [0, 0.05) is 14.8 Å². The molecule has 21 heavy (non-hydrogen) atoms. The lowest BCUT2D eigenvalue weighted by Gasteiger charge is -2.28. The highest BCUT2D eigenvalue weighted by Gasteiger charge is 2.27. The minimum Gasteiger partial charge on any atom is -0.450 e. The van der Waals surface area contributed by atoms with Gasteiger partial charge in [-0.3, -0.25) is 0 Å². The first kappa shape index (κ1) is 14.3. The Labute approximate surface area is 132 Å². The minimum absolute atomic E-state index is 0.241. The van der Waals surface area contributed by atoms with E-state index in [1.54, 1.807) is 18.7 Å². The molecule has 1 atom stereocenters. The Morgan fingerprint density at radius 2 is 2.00 bits per heavy atom. The van der Waals surface area contributed by atoms with E-state index < -0.39 is 6.09 Å². The summed E-state index contributed by atoms with van der Waals surface area (Å²) < 4.78 is 5.02. The molecule has 0 unspecified atom stereocenters. The van der Waals surface area contributed by atoms with E-state index in [-0.39, 0.29) is 6.04 Å². The number of amides is 1. The third-order valence-corrected chi connectivity index (χ3v) is 4.69. The number of ether oxygens (including phenoxy) is 1. The molecule has 0 fully saturated rings. The summed E-state index contributed by atoms with van der Waals surface area (Å²) in [5, 5.41) is 3.58. The predicted molar refractivity (Wildman–Crippen MR) is 84.0 cm³/mol. The number of nitrogens with one attached hydrogen (secondary N) is 1. The van der Waals surface area contributed by atoms with Crippen LogP contribution < -0.4 is 5.32 Å². The predicted octanol–water partition coefficient (Wildman–Crippen LogP) is 4.64. The molecule has 2 aromatic rings. The molecule has 1 N–H and O–H groups in total. The van der Waals surface area contributed by atoms with Gasteiger partial charge in [-0.2, -0.15) is 0 Å². The first-order chi connectivity index (χ1) is 10.2. The zero-order valence-electron chi connectivity index (χ0n) is 11.4. The summed E-state index contributed by atoms with van der Waals surface area (Å²) in [6.07, 6.45) is -0.421. The lowest BCUT2D eigenvalue weighted by atomic mass is 9.98. The van der Waals surface area contributed by atoms with Gasteiger partial charge in [-0.05, 0) is 42.3 Å². The smallest absolute Gasteiger partial charge is 0.407 e. The van der Waals surface area contributed by atoms with Crippen molar-refractivity contribution >= 4 is 29.5 Å². The number of rotatable bonds is 2. The quantitative estimate of drug-likeness (QED) is 0.876. The highest BCUT2D eigenvalue weighted by atomic mass is 35.5. The maximum atomic E-state index is 11.8. The molecule has 3 rings (SSSR count). The van der Waals surface area contributed by atoms with Crippen molar-refractivity contribution < 1.29 is 9.53 Å². The van der Waals surface area contributed by atoms with Gasteiger partial charge < -0.3 is 10.1 Å². The van der Waals surface area contributed by atoms with Crippen LogP contribution >= 0.6 is 23.4 Å². The van der Waals surface area contributed by atoms with Crippen LogP contribution in [0.25, 0.3) is 0 Å². The summed E-state index contributed by atoms with van der Waals surface area (Å²) in [7, 11) is 0. The van der Waals surface area contributed by atoms with Gasteiger partial charge >= 0.3 is 6.09 Å². The van der Waals surface area contributed by atoms with Crippen molar-refractivity contribution in [1.82, 2.24) is 5.32 Å². The van der Waals surface area contributed by atoms with Crippen LogP contribution in [0.2, 0.25) is 5.02 Å². The van der Waals surface area contributed by atoms with E-state index >= 15 is 0 Å². The average Bonchev–Trinajstić information content (AvgIpc) is 2.48. The molecule has 0 radical (unpaired) electrons. The number of carbonyl (C=O) groups excluding carboxylic acids is 1. The van der Waals surface area contributed by atoms with Crippen LogP contribution in [-0.4, -0.2) is 12.7 Å². The van der Waals surface area contributed by atoms with Crippen molar-refractivity contribution in [1.29, 1.82) is 0 Å². The highest BCUT2D eigenvalue weighted by molar-refractivity contribution is 7.99. The van der Waals surface area contributed by atoms with E-state index in [9.17, 15) is 4.79 Å². The molecule has 0 aromatic heterocycles. The van der Waals surface area contributed by atoms with Crippen LogP contribution in [0.3, 0.4) is 0 Å². The topological polar surface area (TPSA) is 38.3 Å². The molecule has 2 aromatic carbocycles. The fraction of sp³-hybridized carbons (Fsp3) is 0.188. The van der Waals surface area contributed by atoms with E-state index in [0.29, 0.717) is 11.6 Å². The fourth-order valence-corrected chi connectivity index (χ4v) is 3.68. The molecule has 1 amide bonds. The molecule has 0 spiro atoms. The van der Waals surface area contributed by atoms with Crippen LogP contribution in [0.1, 0.15) is 24.1 Å². The third-order valence-electron chi connectivity index (χ3n) is 3.27. The zero-order chi connectivity index (χ0) is 14.8. The molecular weight excluding hydrogens is 306 g/mol. The van der Waals surface area contributed by atoms with Crippen LogP contribution in [0.5, 0.6) is 0 Å². The number of fused-ring (bicyclic) bond motifs is 2. The van der Waals surface area contributed by atoms with Gasteiger partial charge in [0.2, 0.25) is 0 Å². The van der Waals surface area contributed by atoms with Crippen molar-refractivity contribution in [3.05, 3.63) is 58.6 Å². The molecule has 1 aliphatic rings. The Morgan fingerprint density at radius 3 is 2.81 bits per heavy atom. The molecule has 0 saturated heterocycles. The lowest BCUT2D eigenvalue weighted by molar-refractivity contribution is 0.149. The minimum atomic E-state index is -0.421. The summed E-state index contributed by atoms with van der Waals surface area (Å²) in [6.45, 7) is 2.13. The van der Waals surface area contributed by atoms with E-state index in [1.165, 1.54) is 0 Å². The van der Waals surface area contributed by atoms with E-state index in [4.69, 9.17) is 16.3 Å². The Morgan fingerprint density at radius 1 is 1.24 bits per heavy atom. The number of halogens is 1. The van der Waals surface area contributed by atoms with Crippen molar-refractivity contribution in [2.45, 2.75) is 22.8 Å². The molecule has 1 heterocycles. The number of hydrogen-bond donors (Lipinski definition) is 1. The third kappa shape index (κ3) is 2.87. The average molecular weight is 320 g/mol. The molecule has 3 nitrogen and oxygen atoms in total. The summed E-state index contributed by atoms with van der Waals surface area (Å²) in [5.41, 5.74) is 2.06. The van der Waals surface area contributed by atoms with Gasteiger partial charge in [0.15, 0.2) is 0 Å². The number of alkyl carbamates (subject to hydrolysis) is 1. The van der Waals surface area contributed by atoms with Crippen molar-refractivity contribution in [2.75, 3.05) is 6.61 Å². The Kier molecular flexibility index (Phi) is 4.08. The Balaban J connectivity index is 2.04. The second kappa shape index (κ2) is 6.00. The van der Waals surface area contributed by atoms with Crippen LogP contribution in [-0.2, 0) is 4.74 Å². The molecule has 0 aliphatic carbocycles. The van der Waals surface area contributed by atoms with Crippen LogP contribution in [0.15, 0.2) is 52.3 Å². The van der Waals surface area contributed by atoms with Crippen LogP contribution in [0, 0.1) is 0 Å². The second-order valence-electron chi connectivity index (χ2n) is 4.62. The molecule has 0 saturated carbocycles.